The Morgan fingerprint density at radius 2 is 1.81 bits per heavy atom. The predicted octanol–water partition coefficient (Wildman–Crippen LogP) is 2.38. The highest BCUT2D eigenvalue weighted by atomic mass is 16.3. The van der Waals surface area contributed by atoms with E-state index < -0.39 is 58.0 Å². The first kappa shape index (κ1) is 28.1. The van der Waals surface area contributed by atoms with Crippen molar-refractivity contribution in [1.29, 1.82) is 0 Å². The van der Waals surface area contributed by atoms with Crippen molar-refractivity contribution in [2.45, 2.75) is 43.9 Å². The van der Waals surface area contributed by atoms with Crippen molar-refractivity contribution in [2.24, 2.45) is 17.6 Å². The number of fused-ring (bicyclic) bond motifs is 3. The number of nitrogens with two attached hydrogens (primary N) is 1. The lowest BCUT2D eigenvalue weighted by Gasteiger charge is -2.50. The Morgan fingerprint density at radius 1 is 1.10 bits per heavy atom. The molecule has 0 spiro atoms. The van der Waals surface area contributed by atoms with Gasteiger partial charge in [0.2, 0.25) is 5.78 Å². The molecule has 1 heterocycles. The molecule has 6 N–H and O–H groups in total. The second-order valence-electron chi connectivity index (χ2n) is 12.1. The number of phenolic OH excluding ortho intramolecular Hbond substituents is 1. The van der Waals surface area contributed by atoms with Crippen LogP contribution >= 0.6 is 0 Å². The van der Waals surface area contributed by atoms with Crippen LogP contribution in [-0.2, 0) is 22.6 Å². The van der Waals surface area contributed by atoms with Crippen molar-refractivity contribution in [2.75, 3.05) is 27.2 Å². The second kappa shape index (κ2) is 10.1. The summed E-state index contributed by atoms with van der Waals surface area (Å²) < 4.78 is 0. The summed E-state index contributed by atoms with van der Waals surface area (Å²) in [4.78, 5) is 43.6. The lowest BCUT2D eigenvalue weighted by atomic mass is 9.58. The molecule has 0 unspecified atom stereocenters. The molecule has 4 aliphatic rings. The third-order valence-corrected chi connectivity index (χ3v) is 9.45. The standard InChI is InChI=1S/C32H35N3O7/c1-34(2)26-21-14-18-13-20-19(17-7-5-6-16(12-17)15-35-10-3-4-11-35)8-9-22(36)24(20)27(37)23(18)29(39)32(21,42)30(40)25(28(26)38)31(33)41/h5-9,12,18,21,26,36,38-39,42H,3-4,10-11,13-15H2,1-2H3,(H2,33,41)/t18-,21-,26-,32-/m1/s1. The van der Waals surface area contributed by atoms with Crippen LogP contribution in [0.25, 0.3) is 11.1 Å². The molecule has 0 saturated carbocycles. The first-order chi connectivity index (χ1) is 19.9. The van der Waals surface area contributed by atoms with Crippen LogP contribution in [0.15, 0.2) is 59.1 Å². The Kier molecular flexibility index (Phi) is 6.75. The number of aromatic hydroxyl groups is 1. The van der Waals surface area contributed by atoms with Crippen molar-refractivity contribution < 1.29 is 34.8 Å². The second-order valence-corrected chi connectivity index (χ2v) is 12.1. The molecule has 1 amide bonds. The maximum atomic E-state index is 14.0. The van der Waals surface area contributed by atoms with Crippen molar-refractivity contribution in [1.82, 2.24) is 9.80 Å². The normalized spacial score (nSPS) is 27.8. The predicted molar refractivity (Wildman–Crippen MR) is 154 cm³/mol. The quantitative estimate of drug-likeness (QED) is 0.338. The first-order valence-corrected chi connectivity index (χ1v) is 14.3. The van der Waals surface area contributed by atoms with E-state index in [2.05, 4.69) is 17.0 Å². The number of benzene rings is 2. The highest BCUT2D eigenvalue weighted by Crippen LogP contribution is 2.53. The van der Waals surface area contributed by atoms with Crippen LogP contribution in [0.1, 0.15) is 40.7 Å². The molecule has 2 aromatic carbocycles. The largest absolute Gasteiger partial charge is 0.510 e. The average Bonchev–Trinajstić information content (AvgIpc) is 3.43. The molecule has 6 rings (SSSR count). The number of likely N-dealkylation sites (N-methyl/N-ethyl adjacent to an activating group) is 1. The summed E-state index contributed by atoms with van der Waals surface area (Å²) in [6.07, 6.45) is 2.67. The molecule has 220 valence electrons. The van der Waals surface area contributed by atoms with Crippen LogP contribution in [-0.4, -0.2) is 86.5 Å². The lowest BCUT2D eigenvalue weighted by molar-refractivity contribution is -0.148. The van der Waals surface area contributed by atoms with Gasteiger partial charge in [-0.2, -0.15) is 0 Å². The smallest absolute Gasteiger partial charge is 0.255 e. The number of carbonyl (C=O) groups excluding carboxylic acids is 3. The molecule has 0 bridgehead atoms. The summed E-state index contributed by atoms with van der Waals surface area (Å²) in [5.74, 6) is -6.57. The van der Waals surface area contributed by atoms with Gasteiger partial charge in [-0.15, -0.1) is 0 Å². The highest BCUT2D eigenvalue weighted by molar-refractivity contribution is 6.24. The third kappa shape index (κ3) is 4.08. The number of hydrogen-bond donors (Lipinski definition) is 5. The van der Waals surface area contributed by atoms with E-state index >= 15 is 0 Å². The molecular weight excluding hydrogens is 538 g/mol. The first-order valence-electron chi connectivity index (χ1n) is 14.3. The number of ketones is 2. The van der Waals surface area contributed by atoms with Gasteiger partial charge in [-0.25, -0.2) is 0 Å². The van der Waals surface area contributed by atoms with Crippen molar-refractivity contribution >= 4 is 17.5 Å². The molecule has 2 aromatic rings. The third-order valence-electron chi connectivity index (χ3n) is 9.45. The van der Waals surface area contributed by atoms with Crippen LogP contribution in [0, 0.1) is 11.8 Å². The van der Waals surface area contributed by atoms with E-state index in [1.54, 1.807) is 25.1 Å². The summed E-state index contributed by atoms with van der Waals surface area (Å²) in [7, 11) is 3.22. The molecule has 10 heteroatoms. The molecule has 0 radical (unpaired) electrons. The number of aliphatic hydroxyl groups excluding tert-OH is 2. The Hall–Kier alpha value is -3.99. The SMILES string of the molecule is CN(C)[C@H]1C(O)=C(C(N)=O)C(=O)[C@]2(O)C(O)=C3C(=O)c4c(O)ccc(-c5cccc(CN6CCCC6)c5)c4C[C@@H]3C[C@H]12. The Labute approximate surface area is 243 Å². The zero-order valence-electron chi connectivity index (χ0n) is 23.6. The van der Waals surface area contributed by atoms with Crippen LogP contribution in [0.2, 0.25) is 0 Å². The van der Waals surface area contributed by atoms with Crippen molar-refractivity contribution in [3.05, 3.63) is 75.8 Å². The fourth-order valence-electron chi connectivity index (χ4n) is 7.56. The van der Waals surface area contributed by atoms with Crippen molar-refractivity contribution in [3.63, 3.8) is 0 Å². The van der Waals surface area contributed by atoms with Gasteiger partial charge in [-0.1, -0.05) is 24.3 Å². The van der Waals surface area contributed by atoms with Gasteiger partial charge in [-0.05, 0) is 93.2 Å². The van der Waals surface area contributed by atoms with Crippen LogP contribution < -0.4 is 5.73 Å². The minimum Gasteiger partial charge on any atom is -0.510 e. The number of carbonyl (C=O) groups is 3. The van der Waals surface area contributed by atoms with Crippen molar-refractivity contribution in [3.8, 4) is 16.9 Å². The zero-order chi connectivity index (χ0) is 30.1. The number of amides is 1. The van der Waals surface area contributed by atoms with E-state index in [0.29, 0.717) is 5.56 Å². The Balaban J connectivity index is 1.47. The maximum Gasteiger partial charge on any atom is 0.255 e. The number of likely N-dealkylation sites (tertiary alicyclic amines) is 1. The van der Waals surface area contributed by atoms with E-state index in [9.17, 15) is 34.8 Å². The molecule has 1 fully saturated rings. The van der Waals surface area contributed by atoms with E-state index in [0.717, 1.165) is 36.3 Å². The van der Waals surface area contributed by atoms with Gasteiger partial charge >= 0.3 is 0 Å². The van der Waals surface area contributed by atoms with Gasteiger partial charge in [0.1, 0.15) is 22.8 Å². The van der Waals surface area contributed by atoms with Gasteiger partial charge in [0.25, 0.3) is 5.91 Å². The summed E-state index contributed by atoms with van der Waals surface area (Å²) in [6.45, 7) is 2.94. The number of rotatable bonds is 5. The molecule has 4 atom stereocenters. The van der Waals surface area contributed by atoms with E-state index in [1.807, 2.05) is 12.1 Å². The van der Waals surface area contributed by atoms with E-state index in [-0.39, 0.29) is 29.7 Å². The molecule has 1 aliphatic heterocycles. The number of hydrogen-bond acceptors (Lipinski definition) is 9. The number of allylic oxidation sites excluding steroid dienone is 1. The van der Waals surface area contributed by atoms with Gasteiger partial charge in [0.15, 0.2) is 11.4 Å². The Morgan fingerprint density at radius 3 is 2.48 bits per heavy atom. The Bertz CT molecular complexity index is 1590. The van der Waals surface area contributed by atoms with E-state index in [4.69, 9.17) is 5.73 Å². The van der Waals surface area contributed by atoms with Gasteiger partial charge in [0.05, 0.1) is 11.6 Å². The maximum absolute atomic E-state index is 14.0. The molecule has 0 aromatic heterocycles. The number of Topliss-reactive ketones (excluding diaryl/α,β-unsaturated/α-hetero) is 2. The number of nitrogens with zero attached hydrogens (tertiary/aromatic N) is 2. The zero-order valence-corrected chi connectivity index (χ0v) is 23.6. The molecule has 42 heavy (non-hydrogen) atoms. The van der Waals surface area contributed by atoms with Crippen LogP contribution in [0.5, 0.6) is 5.75 Å². The van der Waals surface area contributed by atoms with Crippen LogP contribution in [0.3, 0.4) is 0 Å². The summed E-state index contributed by atoms with van der Waals surface area (Å²) >= 11 is 0. The minimum absolute atomic E-state index is 0.0122. The topological polar surface area (TPSA) is 165 Å². The highest BCUT2D eigenvalue weighted by Gasteiger charge is 2.63. The summed E-state index contributed by atoms with van der Waals surface area (Å²) in [5, 5.41) is 45.1. The number of primary amides is 1. The molecule has 1 saturated heterocycles. The minimum atomic E-state index is -2.65. The average molecular weight is 574 g/mol. The van der Waals surface area contributed by atoms with Gasteiger partial charge < -0.3 is 26.2 Å². The molecule has 3 aliphatic carbocycles. The fraction of sp³-hybridized carbons (Fsp3) is 0.406. The molecular formula is C32H35N3O7. The fourth-order valence-corrected chi connectivity index (χ4v) is 7.56. The lowest BCUT2D eigenvalue weighted by Crippen LogP contribution is -2.63. The van der Waals surface area contributed by atoms with Gasteiger partial charge in [-0.3, -0.25) is 24.2 Å². The number of phenols is 1. The van der Waals surface area contributed by atoms with Crippen LogP contribution in [0.4, 0.5) is 0 Å². The monoisotopic (exact) mass is 573 g/mol. The number of aliphatic hydroxyl groups is 3. The van der Waals surface area contributed by atoms with Gasteiger partial charge in [0, 0.05) is 18.0 Å². The summed E-state index contributed by atoms with van der Waals surface area (Å²) in [5.41, 5.74) is 5.21. The molecule has 10 nitrogen and oxygen atoms in total. The summed E-state index contributed by atoms with van der Waals surface area (Å²) in [6, 6.07) is 10.3. The van der Waals surface area contributed by atoms with E-state index in [1.165, 1.54) is 18.9 Å².